The number of fused-ring (bicyclic) bond motifs is 1. The monoisotopic (exact) mass is 405 g/mol. The lowest BCUT2D eigenvalue weighted by atomic mass is 9.98. The fraction of sp³-hybridized carbons (Fsp3) is 0.105. The van der Waals surface area contributed by atoms with Crippen molar-refractivity contribution in [2.45, 2.75) is 12.6 Å². The summed E-state index contributed by atoms with van der Waals surface area (Å²) in [6.45, 7) is 0. The van der Waals surface area contributed by atoms with Crippen LogP contribution in [0.25, 0.3) is 0 Å². The molecule has 0 atom stereocenters. The highest BCUT2D eigenvalue weighted by Gasteiger charge is 2.37. The number of hydrogen-bond acceptors (Lipinski definition) is 4. The van der Waals surface area contributed by atoms with Gasteiger partial charge in [0.15, 0.2) is 5.13 Å². The van der Waals surface area contributed by atoms with E-state index < -0.39 is 29.0 Å². The van der Waals surface area contributed by atoms with E-state index in [1.54, 1.807) is 17.5 Å². The van der Waals surface area contributed by atoms with Crippen molar-refractivity contribution in [2.75, 3.05) is 5.32 Å². The van der Waals surface area contributed by atoms with Crippen molar-refractivity contribution < 1.29 is 22.4 Å². The van der Waals surface area contributed by atoms with Gasteiger partial charge >= 0.3 is 6.18 Å². The smallest absolute Gasteiger partial charge is 0.298 e. The summed E-state index contributed by atoms with van der Waals surface area (Å²) >= 11 is 1.23. The van der Waals surface area contributed by atoms with Crippen LogP contribution in [-0.4, -0.2) is 16.6 Å². The number of halogens is 4. The van der Waals surface area contributed by atoms with Crippen LogP contribution in [0.5, 0.6) is 0 Å². The zero-order chi connectivity index (χ0) is 19.9. The Morgan fingerprint density at radius 1 is 1.14 bits per heavy atom. The fourth-order valence-corrected chi connectivity index (χ4v) is 3.58. The zero-order valence-electron chi connectivity index (χ0n) is 14.0. The van der Waals surface area contributed by atoms with Gasteiger partial charge in [0.05, 0.1) is 22.5 Å². The predicted molar refractivity (Wildman–Crippen MR) is 97.8 cm³/mol. The molecule has 0 unspecified atom stereocenters. The number of carbonyl (C=O) groups is 1. The summed E-state index contributed by atoms with van der Waals surface area (Å²) in [5.41, 5.74) is -0.756. The Morgan fingerprint density at radius 3 is 2.64 bits per heavy atom. The molecule has 4 nitrogen and oxygen atoms in total. The predicted octanol–water partition coefficient (Wildman–Crippen LogP) is 5.23. The molecule has 0 spiro atoms. The number of hydrogen-bond donors (Lipinski definition) is 1. The summed E-state index contributed by atoms with van der Waals surface area (Å²) in [7, 11) is 0. The number of para-hydroxylation sites is 1. The molecule has 3 aromatic rings. The average Bonchev–Trinajstić information content (AvgIpc) is 3.29. The van der Waals surface area contributed by atoms with E-state index in [1.807, 2.05) is 0 Å². The average molecular weight is 405 g/mol. The Labute approximate surface area is 160 Å². The SMILES string of the molecule is O=C(Nc1nccs1)c1cccc2c1N=C(c1c(F)cccc1C(F)(F)F)C2. The van der Waals surface area contributed by atoms with Crippen molar-refractivity contribution in [1.29, 1.82) is 0 Å². The van der Waals surface area contributed by atoms with Gasteiger partial charge in [0, 0.05) is 23.6 Å². The van der Waals surface area contributed by atoms with Gasteiger partial charge in [-0.1, -0.05) is 18.2 Å². The first-order valence-corrected chi connectivity index (χ1v) is 8.99. The second-order valence-corrected chi connectivity index (χ2v) is 6.89. The van der Waals surface area contributed by atoms with Crippen molar-refractivity contribution in [3.63, 3.8) is 0 Å². The minimum absolute atomic E-state index is 0.00226. The molecule has 1 N–H and O–H groups in total. The first-order chi connectivity index (χ1) is 13.3. The maximum Gasteiger partial charge on any atom is 0.417 e. The van der Waals surface area contributed by atoms with Crippen molar-refractivity contribution in [1.82, 2.24) is 4.98 Å². The summed E-state index contributed by atoms with van der Waals surface area (Å²) < 4.78 is 54.3. The zero-order valence-corrected chi connectivity index (χ0v) is 14.9. The molecule has 1 aromatic heterocycles. The molecule has 0 bridgehead atoms. The molecule has 1 amide bonds. The van der Waals surface area contributed by atoms with E-state index in [2.05, 4.69) is 15.3 Å². The molecule has 1 aliphatic rings. The van der Waals surface area contributed by atoms with Gasteiger partial charge in [-0.25, -0.2) is 9.37 Å². The van der Waals surface area contributed by atoms with Crippen LogP contribution in [-0.2, 0) is 12.6 Å². The third-order valence-electron chi connectivity index (χ3n) is 4.23. The van der Waals surface area contributed by atoms with Crippen molar-refractivity contribution in [3.8, 4) is 0 Å². The van der Waals surface area contributed by atoms with E-state index in [0.717, 1.165) is 18.2 Å². The third-order valence-corrected chi connectivity index (χ3v) is 4.92. The second kappa shape index (κ2) is 6.83. The van der Waals surface area contributed by atoms with E-state index in [1.165, 1.54) is 23.6 Å². The molecule has 2 heterocycles. The van der Waals surface area contributed by atoms with Gasteiger partial charge in [0.25, 0.3) is 5.91 Å². The molecule has 9 heteroatoms. The van der Waals surface area contributed by atoms with Crippen LogP contribution in [0.2, 0.25) is 0 Å². The Kier molecular flexibility index (Phi) is 4.46. The van der Waals surface area contributed by atoms with E-state index in [-0.39, 0.29) is 23.4 Å². The lowest BCUT2D eigenvalue weighted by Gasteiger charge is -2.13. The number of carbonyl (C=O) groups excluding carboxylic acids is 1. The number of nitrogens with zero attached hydrogens (tertiary/aromatic N) is 2. The van der Waals surface area contributed by atoms with E-state index in [4.69, 9.17) is 0 Å². The first-order valence-electron chi connectivity index (χ1n) is 8.11. The maximum absolute atomic E-state index is 14.3. The number of aromatic nitrogens is 1. The van der Waals surface area contributed by atoms with Gasteiger partial charge in [0.2, 0.25) is 0 Å². The molecule has 0 fully saturated rings. The summed E-state index contributed by atoms with van der Waals surface area (Å²) in [5, 5.41) is 4.69. The van der Waals surface area contributed by atoms with Gasteiger partial charge < -0.3 is 0 Å². The second-order valence-electron chi connectivity index (χ2n) is 6.00. The Morgan fingerprint density at radius 2 is 1.93 bits per heavy atom. The highest BCUT2D eigenvalue weighted by molar-refractivity contribution is 7.13. The summed E-state index contributed by atoms with van der Waals surface area (Å²) in [6.07, 6.45) is -3.19. The number of thiazole rings is 1. The van der Waals surface area contributed by atoms with Crippen molar-refractivity contribution >= 4 is 33.8 Å². The molecule has 4 rings (SSSR count). The van der Waals surface area contributed by atoms with Crippen LogP contribution < -0.4 is 5.32 Å². The Hall–Kier alpha value is -3.07. The largest absolute Gasteiger partial charge is 0.417 e. The Balaban J connectivity index is 1.76. The maximum atomic E-state index is 14.3. The van der Waals surface area contributed by atoms with Gasteiger partial charge in [0.1, 0.15) is 5.82 Å². The van der Waals surface area contributed by atoms with Gasteiger partial charge in [-0.3, -0.25) is 15.1 Å². The van der Waals surface area contributed by atoms with Crippen LogP contribution in [0.15, 0.2) is 53.0 Å². The minimum atomic E-state index is -4.72. The molecule has 1 aliphatic heterocycles. The lowest BCUT2D eigenvalue weighted by Crippen LogP contribution is -2.15. The molecule has 28 heavy (non-hydrogen) atoms. The van der Waals surface area contributed by atoms with Crippen molar-refractivity contribution in [3.05, 3.63) is 76.0 Å². The molecule has 0 aliphatic carbocycles. The van der Waals surface area contributed by atoms with Gasteiger partial charge in [-0.2, -0.15) is 13.2 Å². The number of alkyl halides is 3. The molecule has 2 aromatic carbocycles. The van der Waals surface area contributed by atoms with Gasteiger partial charge in [-0.05, 0) is 23.8 Å². The van der Waals surface area contributed by atoms with Crippen LogP contribution in [0, 0.1) is 5.82 Å². The molecule has 142 valence electrons. The van der Waals surface area contributed by atoms with E-state index in [9.17, 15) is 22.4 Å². The highest BCUT2D eigenvalue weighted by atomic mass is 32.1. The first kappa shape index (κ1) is 18.3. The van der Waals surface area contributed by atoms with Gasteiger partial charge in [-0.15, -0.1) is 11.3 Å². The highest BCUT2D eigenvalue weighted by Crippen LogP contribution is 2.38. The number of anilines is 1. The number of benzene rings is 2. The molecular weight excluding hydrogens is 394 g/mol. The standard InChI is InChI=1S/C19H11F4N3OS/c20-13-6-2-5-12(19(21,22)23)15(13)14-9-10-3-1-4-11(16(10)25-14)17(27)26-18-24-7-8-28-18/h1-8H,9H2,(H,24,26,27). The van der Waals surface area contributed by atoms with Crippen LogP contribution >= 0.6 is 11.3 Å². The summed E-state index contributed by atoms with van der Waals surface area (Å²) in [4.78, 5) is 20.7. The summed E-state index contributed by atoms with van der Waals surface area (Å²) in [6, 6.07) is 7.57. The van der Waals surface area contributed by atoms with Crippen molar-refractivity contribution in [2.24, 2.45) is 4.99 Å². The number of rotatable bonds is 3. The third kappa shape index (κ3) is 3.29. The number of amides is 1. The topological polar surface area (TPSA) is 54.4 Å². The number of nitrogens with one attached hydrogen (secondary N) is 1. The minimum Gasteiger partial charge on any atom is -0.298 e. The quantitative estimate of drug-likeness (QED) is 0.607. The molecule has 0 radical (unpaired) electrons. The normalized spacial score (nSPS) is 13.2. The Bertz CT molecular complexity index is 1090. The lowest BCUT2D eigenvalue weighted by molar-refractivity contribution is -0.137. The number of aliphatic imine (C=N–C) groups is 1. The molecule has 0 saturated heterocycles. The van der Waals surface area contributed by atoms with Crippen LogP contribution in [0.4, 0.5) is 28.4 Å². The molecule has 0 saturated carbocycles. The summed E-state index contributed by atoms with van der Waals surface area (Å²) in [5.74, 6) is -1.49. The van der Waals surface area contributed by atoms with Crippen LogP contribution in [0.1, 0.15) is 27.0 Å². The molecular formula is C19H11F4N3OS. The fourth-order valence-electron chi connectivity index (χ4n) is 3.05. The van der Waals surface area contributed by atoms with Crippen LogP contribution in [0.3, 0.4) is 0 Å². The van der Waals surface area contributed by atoms with E-state index >= 15 is 0 Å². The van der Waals surface area contributed by atoms with E-state index in [0.29, 0.717) is 10.7 Å².